The topological polar surface area (TPSA) is 108 Å². The number of aliphatic hydroxyl groups excluding tert-OH is 1. The molecule has 0 saturated carbocycles. The highest BCUT2D eigenvalue weighted by molar-refractivity contribution is 7.12. The second-order valence-corrected chi connectivity index (χ2v) is 5.87. The average molecular weight is 367 g/mol. The van der Waals surface area contributed by atoms with Crippen LogP contribution in [0.1, 0.15) is 15.2 Å². The van der Waals surface area contributed by atoms with E-state index in [1.54, 1.807) is 0 Å². The van der Waals surface area contributed by atoms with Crippen molar-refractivity contribution < 1.29 is 29.0 Å². The number of esters is 1. The largest absolute Gasteiger partial charge is 0.483 e. The van der Waals surface area contributed by atoms with E-state index in [0.29, 0.717) is 6.61 Å². The van der Waals surface area contributed by atoms with Crippen LogP contribution in [0.15, 0.2) is 35.7 Å². The zero-order valence-electron chi connectivity index (χ0n) is 13.4. The lowest BCUT2D eigenvalue weighted by Gasteiger charge is -2.12. The minimum atomic E-state index is -0.968. The molecule has 134 valence electrons. The van der Waals surface area contributed by atoms with Gasteiger partial charge in [0.1, 0.15) is 12.7 Å². The highest BCUT2D eigenvalue weighted by Crippen LogP contribution is 2.37. The van der Waals surface area contributed by atoms with Gasteiger partial charge in [0, 0.05) is 5.38 Å². The van der Waals surface area contributed by atoms with Crippen LogP contribution in [-0.2, 0) is 16.1 Å². The van der Waals surface area contributed by atoms with Crippen LogP contribution in [0.5, 0.6) is 5.75 Å². The number of methoxy groups -OCH3 is 1. The Hall–Kier alpha value is -2.49. The molecule has 0 saturated heterocycles. The third-order valence-electron chi connectivity index (χ3n) is 3.14. The third-order valence-corrected chi connectivity index (χ3v) is 4.07. The Morgan fingerprint density at radius 3 is 2.68 bits per heavy atom. The fourth-order valence-electron chi connectivity index (χ4n) is 1.97. The van der Waals surface area contributed by atoms with Crippen molar-refractivity contribution in [3.8, 4) is 5.75 Å². The Balaban J connectivity index is 1.87. The predicted octanol–water partition coefficient (Wildman–Crippen LogP) is 2.40. The quantitative estimate of drug-likeness (QED) is 0.412. The van der Waals surface area contributed by atoms with E-state index < -0.39 is 22.7 Å². The second-order valence-electron chi connectivity index (χ2n) is 4.99. The number of hydrogen-bond donors (Lipinski definition) is 1. The number of thiophene rings is 1. The smallest absolute Gasteiger partial charge is 0.355 e. The first-order chi connectivity index (χ1) is 12.0. The van der Waals surface area contributed by atoms with E-state index in [2.05, 4.69) is 4.74 Å². The lowest BCUT2D eigenvalue weighted by molar-refractivity contribution is -0.385. The summed E-state index contributed by atoms with van der Waals surface area (Å²) < 4.78 is 15.1. The first-order valence-electron chi connectivity index (χ1n) is 7.29. The Labute approximate surface area is 147 Å². The number of rotatable bonds is 9. The molecule has 0 amide bonds. The highest BCUT2D eigenvalue weighted by atomic mass is 32.1. The van der Waals surface area contributed by atoms with Crippen molar-refractivity contribution in [2.75, 3.05) is 20.3 Å². The Bertz CT molecular complexity index is 717. The van der Waals surface area contributed by atoms with Crippen LogP contribution in [0, 0.1) is 10.1 Å². The lowest BCUT2D eigenvalue weighted by atomic mass is 10.2. The molecule has 0 radical (unpaired) electrons. The van der Waals surface area contributed by atoms with Crippen molar-refractivity contribution in [1.82, 2.24) is 0 Å². The van der Waals surface area contributed by atoms with Gasteiger partial charge in [-0.05, 0) is 5.56 Å². The number of nitrogens with zero attached hydrogens (tertiary/aromatic N) is 1. The van der Waals surface area contributed by atoms with E-state index in [1.807, 2.05) is 30.3 Å². The van der Waals surface area contributed by atoms with Crippen molar-refractivity contribution >= 4 is 23.0 Å². The highest BCUT2D eigenvalue weighted by Gasteiger charge is 2.29. The van der Waals surface area contributed by atoms with Crippen LogP contribution in [0.2, 0.25) is 0 Å². The van der Waals surface area contributed by atoms with Crippen molar-refractivity contribution in [2.24, 2.45) is 0 Å². The molecular formula is C16H17NO7S. The Kier molecular flexibility index (Phi) is 6.87. The van der Waals surface area contributed by atoms with Crippen LogP contribution in [0.25, 0.3) is 0 Å². The molecule has 0 fully saturated rings. The zero-order valence-corrected chi connectivity index (χ0v) is 14.2. The number of nitro groups is 1. The fraction of sp³-hybridized carbons (Fsp3) is 0.312. The molecule has 0 unspecified atom stereocenters. The van der Waals surface area contributed by atoms with Crippen molar-refractivity contribution in [1.29, 1.82) is 0 Å². The number of carbonyl (C=O) groups is 1. The Morgan fingerprint density at radius 1 is 1.32 bits per heavy atom. The first kappa shape index (κ1) is 18.8. The van der Waals surface area contributed by atoms with E-state index in [1.165, 1.54) is 5.38 Å². The van der Waals surface area contributed by atoms with E-state index in [4.69, 9.17) is 9.47 Å². The maximum absolute atomic E-state index is 11.5. The van der Waals surface area contributed by atoms with Gasteiger partial charge in [0.05, 0.1) is 25.2 Å². The number of hydrogen-bond acceptors (Lipinski definition) is 8. The van der Waals surface area contributed by atoms with Gasteiger partial charge >= 0.3 is 11.7 Å². The summed E-state index contributed by atoms with van der Waals surface area (Å²) in [6, 6.07) is 9.44. The fourth-order valence-corrected chi connectivity index (χ4v) is 2.84. The Morgan fingerprint density at radius 2 is 2.04 bits per heavy atom. The van der Waals surface area contributed by atoms with Crippen LogP contribution < -0.4 is 4.74 Å². The molecule has 2 aromatic rings. The molecule has 9 heteroatoms. The lowest BCUT2D eigenvalue weighted by Crippen LogP contribution is -2.23. The summed E-state index contributed by atoms with van der Waals surface area (Å²) in [5.74, 6) is -0.893. The molecule has 0 spiro atoms. The zero-order chi connectivity index (χ0) is 18.2. The molecule has 0 bridgehead atoms. The van der Waals surface area contributed by atoms with Gasteiger partial charge in [-0.3, -0.25) is 10.1 Å². The molecule has 1 aromatic heterocycles. The summed E-state index contributed by atoms with van der Waals surface area (Å²) in [5, 5.41) is 22.3. The average Bonchev–Trinajstić information content (AvgIpc) is 3.04. The molecule has 8 nitrogen and oxygen atoms in total. The predicted molar refractivity (Wildman–Crippen MR) is 89.9 cm³/mol. The number of ether oxygens (including phenoxy) is 3. The van der Waals surface area contributed by atoms with Crippen molar-refractivity contribution in [3.63, 3.8) is 0 Å². The summed E-state index contributed by atoms with van der Waals surface area (Å²) in [5.41, 5.74) is 0.501. The summed E-state index contributed by atoms with van der Waals surface area (Å²) in [4.78, 5) is 21.8. The normalized spacial score (nSPS) is 11.8. The molecular weight excluding hydrogens is 350 g/mol. The van der Waals surface area contributed by atoms with Crippen LogP contribution in [0.3, 0.4) is 0 Å². The molecule has 1 aromatic carbocycles. The number of aliphatic hydroxyl groups is 1. The van der Waals surface area contributed by atoms with Gasteiger partial charge in [-0.15, -0.1) is 11.3 Å². The van der Waals surface area contributed by atoms with Crippen LogP contribution >= 0.6 is 11.3 Å². The van der Waals surface area contributed by atoms with Crippen LogP contribution in [0.4, 0.5) is 5.69 Å². The molecule has 0 aliphatic heterocycles. The second kappa shape index (κ2) is 9.11. The van der Waals surface area contributed by atoms with Crippen molar-refractivity contribution in [2.45, 2.75) is 12.7 Å². The monoisotopic (exact) mass is 367 g/mol. The maximum atomic E-state index is 11.5. The summed E-state index contributed by atoms with van der Waals surface area (Å²) >= 11 is 0.850. The SMILES string of the molecule is COC(=O)c1scc(OC[C@@H](O)COCc2ccccc2)c1[N+](=O)[O-]. The van der Waals surface area contributed by atoms with Gasteiger partial charge in [0.15, 0.2) is 4.88 Å². The molecule has 1 N–H and O–H groups in total. The van der Waals surface area contributed by atoms with Gasteiger partial charge in [-0.2, -0.15) is 0 Å². The summed E-state index contributed by atoms with van der Waals surface area (Å²) in [6.45, 7) is 0.145. The number of carbonyl (C=O) groups excluding carboxylic acids is 1. The molecule has 1 atom stereocenters. The van der Waals surface area contributed by atoms with E-state index in [0.717, 1.165) is 24.0 Å². The van der Waals surface area contributed by atoms with E-state index in [-0.39, 0.29) is 23.8 Å². The third kappa shape index (κ3) is 5.24. The van der Waals surface area contributed by atoms with E-state index in [9.17, 15) is 20.0 Å². The molecule has 0 aliphatic rings. The molecule has 25 heavy (non-hydrogen) atoms. The van der Waals surface area contributed by atoms with Gasteiger partial charge in [-0.1, -0.05) is 30.3 Å². The van der Waals surface area contributed by atoms with Gasteiger partial charge in [0.2, 0.25) is 5.75 Å². The number of benzene rings is 1. The molecule has 0 aliphatic carbocycles. The van der Waals surface area contributed by atoms with Gasteiger partial charge in [-0.25, -0.2) is 4.79 Å². The minimum absolute atomic E-state index is 0.0106. The van der Waals surface area contributed by atoms with Crippen molar-refractivity contribution in [3.05, 3.63) is 56.3 Å². The van der Waals surface area contributed by atoms with Crippen LogP contribution in [-0.4, -0.2) is 42.4 Å². The minimum Gasteiger partial charge on any atom is -0.483 e. The van der Waals surface area contributed by atoms with Gasteiger partial charge < -0.3 is 19.3 Å². The van der Waals surface area contributed by atoms with E-state index >= 15 is 0 Å². The standard InChI is InChI=1S/C16H17NO7S/c1-22-16(19)15-14(17(20)21)13(10-25-15)24-9-12(18)8-23-7-11-5-3-2-4-6-11/h2-6,10,12,18H,7-9H2,1H3/t12-/m0/s1. The molecule has 2 rings (SSSR count). The molecule has 1 heterocycles. The maximum Gasteiger partial charge on any atom is 0.355 e. The van der Waals surface area contributed by atoms with Gasteiger partial charge in [0.25, 0.3) is 0 Å². The summed E-state index contributed by atoms with van der Waals surface area (Å²) in [7, 11) is 1.14. The summed E-state index contributed by atoms with van der Waals surface area (Å²) in [6.07, 6.45) is -0.968. The first-order valence-corrected chi connectivity index (χ1v) is 8.17.